The third kappa shape index (κ3) is 8.89. The number of nitrogens with zero attached hydrogens (tertiary/aromatic N) is 2. The predicted octanol–water partition coefficient (Wildman–Crippen LogP) is 3.98. The second-order valence-corrected chi connectivity index (χ2v) is 7.21. The number of pyridine rings is 2. The zero-order valence-electron chi connectivity index (χ0n) is 17.8. The van der Waals surface area contributed by atoms with Crippen molar-refractivity contribution < 1.29 is 19.5 Å². The van der Waals surface area contributed by atoms with Gasteiger partial charge in [-0.3, -0.25) is 9.97 Å². The molecule has 0 aliphatic heterocycles. The van der Waals surface area contributed by atoms with Crippen molar-refractivity contribution in [2.45, 2.75) is 0 Å². The molecule has 0 radical (unpaired) electrons. The van der Waals surface area contributed by atoms with Crippen LogP contribution in [-0.2, 0) is 0 Å². The number of ether oxygens (including phenoxy) is 2. The van der Waals surface area contributed by atoms with E-state index in [1.807, 2.05) is 54.7 Å². The van der Waals surface area contributed by atoms with E-state index in [4.69, 9.17) is 19.5 Å². The Bertz CT molecular complexity index is 1050. The standard InChI is InChI=1S/C12H11NO.C7H9BO3.C5H4BrN/c1-14-12-6-2-4-10(8-12)11-5-3-7-13-9-11;1-11-7-4-2-3-6(5-7)8(9)10;6-5-2-1-3-7-4-5/h2-9H,1H3;2-5,9-10H,1H3;1-4H. The normalized spacial score (nSPS) is 9.41. The molecule has 2 N–H and O–H groups in total. The van der Waals surface area contributed by atoms with Gasteiger partial charge in [0.2, 0.25) is 0 Å². The van der Waals surface area contributed by atoms with Gasteiger partial charge in [-0.25, -0.2) is 0 Å². The smallest absolute Gasteiger partial charge is 0.488 e. The highest BCUT2D eigenvalue weighted by atomic mass is 79.9. The summed E-state index contributed by atoms with van der Waals surface area (Å²) in [6.07, 6.45) is 7.10. The average Bonchev–Trinajstić information content (AvgIpc) is 2.86. The molecule has 2 aromatic carbocycles. The van der Waals surface area contributed by atoms with Gasteiger partial charge in [-0.05, 0) is 69.4 Å². The lowest BCUT2D eigenvalue weighted by molar-refractivity contribution is 0.412. The van der Waals surface area contributed by atoms with Gasteiger partial charge in [0.25, 0.3) is 0 Å². The highest BCUT2D eigenvalue weighted by Gasteiger charge is 2.10. The molecule has 0 atom stereocenters. The van der Waals surface area contributed by atoms with Gasteiger partial charge in [0.1, 0.15) is 11.5 Å². The van der Waals surface area contributed by atoms with Crippen LogP contribution < -0.4 is 14.9 Å². The van der Waals surface area contributed by atoms with Gasteiger partial charge in [0.05, 0.1) is 14.2 Å². The van der Waals surface area contributed by atoms with Gasteiger partial charge in [0.15, 0.2) is 0 Å². The number of rotatable bonds is 4. The van der Waals surface area contributed by atoms with Crippen molar-refractivity contribution in [2.24, 2.45) is 0 Å². The van der Waals surface area contributed by atoms with Crippen LogP contribution in [0.3, 0.4) is 0 Å². The van der Waals surface area contributed by atoms with Crippen molar-refractivity contribution in [1.82, 2.24) is 9.97 Å². The molecule has 0 aliphatic carbocycles. The van der Waals surface area contributed by atoms with Crippen LogP contribution in [-0.4, -0.2) is 41.4 Å². The first-order valence-electron chi connectivity index (χ1n) is 9.63. The number of methoxy groups -OCH3 is 2. The highest BCUT2D eigenvalue weighted by Crippen LogP contribution is 2.22. The minimum absolute atomic E-state index is 0.435. The molecule has 2 heterocycles. The molecular formula is C24H24BBrN2O4. The quantitative estimate of drug-likeness (QED) is 0.417. The van der Waals surface area contributed by atoms with E-state index in [1.54, 1.807) is 50.0 Å². The van der Waals surface area contributed by atoms with Crippen molar-refractivity contribution in [3.8, 4) is 22.6 Å². The zero-order chi connectivity index (χ0) is 23.2. The summed E-state index contributed by atoms with van der Waals surface area (Å²) in [6.45, 7) is 0. The summed E-state index contributed by atoms with van der Waals surface area (Å²) in [5, 5.41) is 17.5. The Morgan fingerprint density at radius 1 is 0.719 bits per heavy atom. The number of aromatic nitrogens is 2. The summed E-state index contributed by atoms with van der Waals surface area (Å²) in [5.41, 5.74) is 2.66. The first-order valence-corrected chi connectivity index (χ1v) is 10.4. The zero-order valence-corrected chi connectivity index (χ0v) is 19.4. The Morgan fingerprint density at radius 3 is 1.81 bits per heavy atom. The van der Waals surface area contributed by atoms with E-state index >= 15 is 0 Å². The summed E-state index contributed by atoms with van der Waals surface area (Å²) in [4.78, 5) is 7.91. The minimum atomic E-state index is -1.43. The molecule has 0 amide bonds. The third-order valence-corrected chi connectivity index (χ3v) is 4.55. The molecule has 4 rings (SSSR count). The maximum Gasteiger partial charge on any atom is 0.488 e. The third-order valence-electron chi connectivity index (χ3n) is 4.08. The molecule has 4 aromatic rings. The van der Waals surface area contributed by atoms with Crippen LogP contribution in [0.4, 0.5) is 0 Å². The van der Waals surface area contributed by atoms with Gasteiger partial charge in [0, 0.05) is 34.8 Å². The second-order valence-electron chi connectivity index (χ2n) is 6.30. The Morgan fingerprint density at radius 2 is 1.31 bits per heavy atom. The molecule has 0 aliphatic rings. The van der Waals surface area contributed by atoms with E-state index in [1.165, 1.54) is 7.11 Å². The predicted molar refractivity (Wildman–Crippen MR) is 131 cm³/mol. The number of hydrogen-bond acceptors (Lipinski definition) is 6. The SMILES string of the molecule is Brc1cccnc1.COc1cccc(-c2cccnc2)c1.COc1cccc(B(O)O)c1. The Hall–Kier alpha value is -3.20. The lowest BCUT2D eigenvalue weighted by Gasteiger charge is -2.03. The molecule has 6 nitrogen and oxygen atoms in total. The number of benzene rings is 2. The molecule has 164 valence electrons. The van der Waals surface area contributed by atoms with Crippen LogP contribution in [0.25, 0.3) is 11.1 Å². The lowest BCUT2D eigenvalue weighted by atomic mass is 9.80. The van der Waals surface area contributed by atoms with E-state index in [-0.39, 0.29) is 0 Å². The second kappa shape index (κ2) is 14.0. The monoisotopic (exact) mass is 494 g/mol. The van der Waals surface area contributed by atoms with Crippen LogP contribution in [0, 0.1) is 0 Å². The first-order chi connectivity index (χ1) is 15.5. The fourth-order valence-corrected chi connectivity index (χ4v) is 2.75. The van der Waals surface area contributed by atoms with Crippen LogP contribution in [0.5, 0.6) is 11.5 Å². The Kier molecular flexibility index (Phi) is 11.0. The van der Waals surface area contributed by atoms with E-state index in [9.17, 15) is 0 Å². The van der Waals surface area contributed by atoms with Crippen molar-refractivity contribution in [2.75, 3.05) is 14.2 Å². The fourth-order valence-electron chi connectivity index (χ4n) is 2.48. The van der Waals surface area contributed by atoms with E-state index in [0.717, 1.165) is 21.3 Å². The van der Waals surface area contributed by atoms with Crippen LogP contribution in [0.2, 0.25) is 0 Å². The maximum absolute atomic E-state index is 8.74. The fraction of sp³-hybridized carbons (Fsp3) is 0.0833. The van der Waals surface area contributed by atoms with E-state index in [0.29, 0.717) is 11.2 Å². The van der Waals surface area contributed by atoms with Crippen molar-refractivity contribution >= 4 is 28.5 Å². The first kappa shape index (κ1) is 25.1. The van der Waals surface area contributed by atoms with Crippen LogP contribution >= 0.6 is 15.9 Å². The largest absolute Gasteiger partial charge is 0.497 e. The molecule has 0 bridgehead atoms. The summed E-state index contributed by atoms with van der Waals surface area (Å²) < 4.78 is 11.1. The van der Waals surface area contributed by atoms with Crippen LogP contribution in [0.15, 0.2) is 102 Å². The maximum atomic E-state index is 8.74. The molecule has 32 heavy (non-hydrogen) atoms. The van der Waals surface area contributed by atoms with Crippen molar-refractivity contribution in [1.29, 1.82) is 0 Å². The lowest BCUT2D eigenvalue weighted by Crippen LogP contribution is -2.29. The summed E-state index contributed by atoms with van der Waals surface area (Å²) in [7, 11) is 1.77. The summed E-state index contributed by atoms with van der Waals surface area (Å²) in [5.74, 6) is 1.49. The average molecular weight is 495 g/mol. The van der Waals surface area contributed by atoms with Crippen molar-refractivity contribution in [3.05, 3.63) is 102 Å². The highest BCUT2D eigenvalue weighted by molar-refractivity contribution is 9.10. The Balaban J connectivity index is 0.000000180. The molecular weight excluding hydrogens is 471 g/mol. The molecule has 0 unspecified atom stereocenters. The topological polar surface area (TPSA) is 84.7 Å². The Labute approximate surface area is 196 Å². The molecule has 2 aromatic heterocycles. The van der Waals surface area contributed by atoms with Gasteiger partial charge in [-0.15, -0.1) is 0 Å². The van der Waals surface area contributed by atoms with Gasteiger partial charge in [-0.1, -0.05) is 30.3 Å². The number of hydrogen-bond donors (Lipinski definition) is 2. The van der Waals surface area contributed by atoms with E-state index < -0.39 is 7.12 Å². The summed E-state index contributed by atoms with van der Waals surface area (Å²) in [6, 6.07) is 22.3. The molecule has 0 saturated carbocycles. The molecule has 8 heteroatoms. The van der Waals surface area contributed by atoms with Gasteiger partial charge >= 0.3 is 7.12 Å². The summed E-state index contributed by atoms with van der Waals surface area (Å²) >= 11 is 3.25. The van der Waals surface area contributed by atoms with Gasteiger partial charge < -0.3 is 19.5 Å². The molecule has 0 spiro atoms. The molecule has 0 saturated heterocycles. The number of halogens is 1. The minimum Gasteiger partial charge on any atom is -0.497 e. The van der Waals surface area contributed by atoms with Gasteiger partial charge in [-0.2, -0.15) is 0 Å². The van der Waals surface area contributed by atoms with E-state index in [2.05, 4.69) is 25.9 Å². The molecule has 0 fully saturated rings. The van der Waals surface area contributed by atoms with Crippen molar-refractivity contribution in [3.63, 3.8) is 0 Å². The van der Waals surface area contributed by atoms with Crippen LogP contribution in [0.1, 0.15) is 0 Å².